The molecule has 1 aromatic rings. The van der Waals surface area contributed by atoms with Gasteiger partial charge in [-0.2, -0.15) is 4.98 Å². The summed E-state index contributed by atoms with van der Waals surface area (Å²) in [6.07, 6.45) is 1.19. The van der Waals surface area contributed by atoms with E-state index < -0.39 is 0 Å². The van der Waals surface area contributed by atoms with Crippen molar-refractivity contribution in [3.05, 3.63) is 11.7 Å². The minimum Gasteiger partial charge on any atom is -0.339 e. The summed E-state index contributed by atoms with van der Waals surface area (Å²) in [6.45, 7) is 7.40. The van der Waals surface area contributed by atoms with Gasteiger partial charge in [-0.3, -0.25) is 4.90 Å². The number of hydrogen-bond acceptors (Lipinski definition) is 6. The average Bonchev–Trinajstić information content (AvgIpc) is 3.00. The second kappa shape index (κ2) is 5.79. The van der Waals surface area contributed by atoms with Gasteiger partial charge in [0.2, 0.25) is 5.89 Å². The Hall–Kier alpha value is -0.980. The van der Waals surface area contributed by atoms with E-state index >= 15 is 0 Å². The van der Waals surface area contributed by atoms with Crippen molar-refractivity contribution >= 4 is 0 Å². The molecule has 6 heteroatoms. The van der Waals surface area contributed by atoms with E-state index in [1.54, 1.807) is 0 Å². The lowest BCUT2D eigenvalue weighted by Gasteiger charge is -2.24. The van der Waals surface area contributed by atoms with E-state index in [0.717, 1.165) is 44.4 Å². The molecule has 6 nitrogen and oxygen atoms in total. The van der Waals surface area contributed by atoms with Crippen molar-refractivity contribution in [1.82, 2.24) is 25.3 Å². The quantitative estimate of drug-likeness (QED) is 0.860. The van der Waals surface area contributed by atoms with Crippen LogP contribution < -0.4 is 5.32 Å². The molecule has 0 bridgehead atoms. The third kappa shape index (κ3) is 2.73. The van der Waals surface area contributed by atoms with E-state index in [1.165, 1.54) is 6.42 Å². The Morgan fingerprint density at radius 1 is 1.25 bits per heavy atom. The number of nitrogens with one attached hydrogen (secondary N) is 1. The molecule has 112 valence electrons. The summed E-state index contributed by atoms with van der Waals surface area (Å²) in [4.78, 5) is 9.40. The van der Waals surface area contributed by atoms with Crippen molar-refractivity contribution in [1.29, 1.82) is 0 Å². The van der Waals surface area contributed by atoms with Gasteiger partial charge in [0.05, 0.1) is 12.0 Å². The highest BCUT2D eigenvalue weighted by Crippen LogP contribution is 2.28. The molecule has 0 aliphatic carbocycles. The fraction of sp³-hybridized carbons (Fsp3) is 0.857. The Labute approximate surface area is 120 Å². The van der Waals surface area contributed by atoms with Gasteiger partial charge in [0.15, 0.2) is 5.82 Å². The largest absolute Gasteiger partial charge is 0.339 e. The fourth-order valence-corrected chi connectivity index (χ4v) is 3.22. The topological polar surface area (TPSA) is 57.4 Å². The van der Waals surface area contributed by atoms with E-state index in [1.807, 2.05) is 0 Å². The van der Waals surface area contributed by atoms with Crippen LogP contribution in [0.1, 0.15) is 37.0 Å². The van der Waals surface area contributed by atoms with Crippen LogP contribution in [0.15, 0.2) is 4.52 Å². The number of likely N-dealkylation sites (N-methyl/N-ethyl adjacent to an activating group) is 2. The van der Waals surface area contributed by atoms with E-state index in [2.05, 4.69) is 41.3 Å². The van der Waals surface area contributed by atoms with Crippen LogP contribution >= 0.6 is 0 Å². The SMILES string of the molecule is C[C@@H]1CNC[C@H]1c1nc(C2CN(C)CCCN2C)no1. The van der Waals surface area contributed by atoms with Crippen LogP contribution in [0.2, 0.25) is 0 Å². The molecule has 20 heavy (non-hydrogen) atoms. The first-order valence-electron chi connectivity index (χ1n) is 7.58. The highest BCUT2D eigenvalue weighted by atomic mass is 16.5. The molecule has 0 amide bonds. The summed E-state index contributed by atoms with van der Waals surface area (Å²) in [5.41, 5.74) is 0. The maximum absolute atomic E-state index is 5.55. The molecule has 1 unspecified atom stereocenters. The van der Waals surface area contributed by atoms with Gasteiger partial charge in [0.25, 0.3) is 0 Å². The van der Waals surface area contributed by atoms with Crippen LogP contribution in [-0.2, 0) is 0 Å². The molecule has 2 aliphatic heterocycles. The molecule has 0 spiro atoms. The summed E-state index contributed by atoms with van der Waals surface area (Å²) < 4.78 is 5.55. The van der Waals surface area contributed by atoms with Gasteiger partial charge in [0, 0.05) is 13.1 Å². The van der Waals surface area contributed by atoms with E-state index in [9.17, 15) is 0 Å². The zero-order valence-electron chi connectivity index (χ0n) is 12.7. The van der Waals surface area contributed by atoms with E-state index in [4.69, 9.17) is 9.51 Å². The maximum Gasteiger partial charge on any atom is 0.231 e. The van der Waals surface area contributed by atoms with Crippen molar-refractivity contribution in [2.24, 2.45) is 5.92 Å². The van der Waals surface area contributed by atoms with Crippen LogP contribution in [0.3, 0.4) is 0 Å². The van der Waals surface area contributed by atoms with Crippen molar-refractivity contribution in [2.75, 3.05) is 46.8 Å². The first kappa shape index (κ1) is 14.0. The molecule has 1 aromatic heterocycles. The lowest BCUT2D eigenvalue weighted by Crippen LogP contribution is -2.31. The second-order valence-electron chi connectivity index (χ2n) is 6.35. The zero-order valence-corrected chi connectivity index (χ0v) is 12.7. The van der Waals surface area contributed by atoms with Crippen LogP contribution in [0.25, 0.3) is 0 Å². The third-order valence-corrected chi connectivity index (χ3v) is 4.66. The molecule has 2 saturated heterocycles. The maximum atomic E-state index is 5.55. The van der Waals surface area contributed by atoms with Crippen LogP contribution in [0.4, 0.5) is 0 Å². The molecule has 2 aliphatic rings. The Morgan fingerprint density at radius 3 is 2.85 bits per heavy atom. The van der Waals surface area contributed by atoms with Gasteiger partial charge in [-0.1, -0.05) is 12.1 Å². The molecular formula is C14H25N5O. The molecule has 0 saturated carbocycles. The van der Waals surface area contributed by atoms with Crippen molar-refractivity contribution in [3.8, 4) is 0 Å². The Balaban J connectivity index is 1.77. The zero-order chi connectivity index (χ0) is 14.1. The molecule has 3 atom stereocenters. The summed E-state index contributed by atoms with van der Waals surface area (Å²) >= 11 is 0. The lowest BCUT2D eigenvalue weighted by molar-refractivity contribution is 0.214. The summed E-state index contributed by atoms with van der Waals surface area (Å²) in [7, 11) is 4.32. The van der Waals surface area contributed by atoms with Crippen LogP contribution in [0, 0.1) is 5.92 Å². The van der Waals surface area contributed by atoms with Crippen LogP contribution in [0.5, 0.6) is 0 Å². The first-order chi connectivity index (χ1) is 9.65. The summed E-state index contributed by atoms with van der Waals surface area (Å²) in [5, 5.41) is 7.65. The third-order valence-electron chi connectivity index (χ3n) is 4.66. The highest BCUT2D eigenvalue weighted by molar-refractivity contribution is 5.04. The Morgan fingerprint density at radius 2 is 2.10 bits per heavy atom. The van der Waals surface area contributed by atoms with Crippen molar-refractivity contribution in [3.63, 3.8) is 0 Å². The molecule has 2 fully saturated rings. The lowest BCUT2D eigenvalue weighted by atomic mass is 9.98. The van der Waals surface area contributed by atoms with Gasteiger partial charge >= 0.3 is 0 Å². The molecular weight excluding hydrogens is 254 g/mol. The predicted molar refractivity (Wildman–Crippen MR) is 76.6 cm³/mol. The van der Waals surface area contributed by atoms with Gasteiger partial charge in [-0.25, -0.2) is 0 Å². The van der Waals surface area contributed by atoms with Gasteiger partial charge in [-0.15, -0.1) is 0 Å². The van der Waals surface area contributed by atoms with Crippen molar-refractivity contribution in [2.45, 2.75) is 25.3 Å². The molecule has 0 radical (unpaired) electrons. The second-order valence-corrected chi connectivity index (χ2v) is 6.35. The standard InChI is InChI=1S/C14H25N5O/c1-10-7-15-8-11(10)14-16-13(17-20-14)12-9-18(2)5-4-6-19(12)3/h10-12,15H,4-9H2,1-3H3/t10-,11-,12?/m1/s1. The minimum absolute atomic E-state index is 0.240. The molecule has 3 rings (SSSR count). The van der Waals surface area contributed by atoms with Crippen LogP contribution in [-0.4, -0.2) is 66.8 Å². The number of hydrogen-bond donors (Lipinski definition) is 1. The number of aromatic nitrogens is 2. The predicted octanol–water partition coefficient (Wildman–Crippen LogP) is 0.701. The first-order valence-corrected chi connectivity index (χ1v) is 7.58. The van der Waals surface area contributed by atoms with Gasteiger partial charge in [0.1, 0.15) is 0 Å². The normalized spacial score (nSPS) is 33.5. The van der Waals surface area contributed by atoms with E-state index in [0.29, 0.717) is 11.8 Å². The molecule has 3 heterocycles. The Bertz CT molecular complexity index is 449. The molecule has 0 aromatic carbocycles. The average molecular weight is 279 g/mol. The summed E-state index contributed by atoms with van der Waals surface area (Å²) in [6, 6.07) is 0.240. The highest BCUT2D eigenvalue weighted by Gasteiger charge is 2.32. The number of nitrogens with zero attached hydrogens (tertiary/aromatic N) is 4. The summed E-state index contributed by atoms with van der Waals surface area (Å²) in [5.74, 6) is 2.58. The van der Waals surface area contributed by atoms with E-state index in [-0.39, 0.29) is 6.04 Å². The number of rotatable bonds is 2. The van der Waals surface area contributed by atoms with Gasteiger partial charge in [-0.05, 0) is 46.1 Å². The smallest absolute Gasteiger partial charge is 0.231 e. The van der Waals surface area contributed by atoms with Crippen molar-refractivity contribution < 1.29 is 4.52 Å². The fourth-order valence-electron chi connectivity index (χ4n) is 3.22. The molecule has 1 N–H and O–H groups in total. The van der Waals surface area contributed by atoms with Gasteiger partial charge < -0.3 is 14.7 Å². The minimum atomic E-state index is 0.240. The monoisotopic (exact) mass is 279 g/mol. The Kier molecular flexibility index (Phi) is 4.05.